The lowest BCUT2D eigenvalue weighted by Crippen LogP contribution is -2.48. The summed E-state index contributed by atoms with van der Waals surface area (Å²) in [4.78, 5) is 57.8. The van der Waals surface area contributed by atoms with Crippen LogP contribution in [0.25, 0.3) is 0 Å². The van der Waals surface area contributed by atoms with Gasteiger partial charge in [0.1, 0.15) is 6.61 Å². The monoisotopic (exact) mass is 548 g/mol. The third-order valence-electron chi connectivity index (χ3n) is 7.45. The van der Waals surface area contributed by atoms with Crippen LogP contribution in [-0.4, -0.2) is 121 Å². The highest BCUT2D eigenvalue weighted by molar-refractivity contribution is 5.96. The summed E-state index contributed by atoms with van der Waals surface area (Å²) in [5.74, 6) is -0.513. The van der Waals surface area contributed by atoms with Gasteiger partial charge in [-0.1, -0.05) is 13.8 Å². The molecule has 2 bridgehead atoms. The molecular weight excluding hydrogens is 504 g/mol. The molecule has 1 aromatic heterocycles. The number of amides is 4. The molecule has 0 aromatic carbocycles. The minimum atomic E-state index is -0.343. The van der Waals surface area contributed by atoms with E-state index in [2.05, 4.69) is 24.3 Å². The van der Waals surface area contributed by atoms with E-state index in [1.807, 2.05) is 11.9 Å². The molecule has 2 heterocycles. The minimum Gasteiger partial charge on any atom is -0.383 e. The van der Waals surface area contributed by atoms with E-state index in [0.29, 0.717) is 31.0 Å². The van der Waals surface area contributed by atoms with Gasteiger partial charge >= 0.3 is 0 Å². The molecule has 0 saturated heterocycles. The minimum absolute atomic E-state index is 0.0195. The maximum Gasteiger partial charge on any atom is 0.275 e. The van der Waals surface area contributed by atoms with E-state index in [4.69, 9.17) is 9.47 Å². The summed E-state index contributed by atoms with van der Waals surface area (Å²) in [7, 11) is 4.82. The van der Waals surface area contributed by atoms with Gasteiger partial charge in [-0.15, -0.1) is 0 Å². The number of rotatable bonds is 8. The fourth-order valence-electron chi connectivity index (χ4n) is 5.23. The van der Waals surface area contributed by atoms with E-state index in [0.717, 1.165) is 24.1 Å². The molecule has 3 rings (SSSR count). The maximum absolute atomic E-state index is 13.7. The third kappa shape index (κ3) is 8.01. The van der Waals surface area contributed by atoms with Crippen LogP contribution in [0.3, 0.4) is 0 Å². The molecule has 4 amide bonds. The number of fused-ring (bicyclic) bond motifs is 1. The Morgan fingerprint density at radius 3 is 2.56 bits per heavy atom. The molecule has 1 aliphatic carbocycles. The van der Waals surface area contributed by atoms with Crippen molar-refractivity contribution in [1.29, 1.82) is 0 Å². The van der Waals surface area contributed by atoms with Crippen LogP contribution in [0.4, 0.5) is 0 Å². The van der Waals surface area contributed by atoms with Crippen molar-refractivity contribution in [2.45, 2.75) is 52.0 Å². The summed E-state index contributed by atoms with van der Waals surface area (Å²) in [6, 6.07) is -0.0775. The lowest BCUT2D eigenvalue weighted by atomic mass is 9.89. The molecule has 1 unspecified atom stereocenters. The molecule has 1 aromatic rings. The molecule has 0 spiro atoms. The molecule has 2 aliphatic rings. The van der Waals surface area contributed by atoms with Crippen molar-refractivity contribution >= 4 is 23.6 Å². The molecule has 0 saturated carbocycles. The topological polar surface area (TPSA) is 126 Å². The smallest absolute Gasteiger partial charge is 0.275 e. The summed E-state index contributed by atoms with van der Waals surface area (Å²) in [6.45, 7) is 5.78. The van der Waals surface area contributed by atoms with Crippen molar-refractivity contribution in [3.8, 4) is 0 Å². The summed E-state index contributed by atoms with van der Waals surface area (Å²) in [5, 5.41) is 7.38. The highest BCUT2D eigenvalue weighted by atomic mass is 16.5. The standard InChI is InChI=1S/C27H44N6O6/c1-19(2)8-12-33-20-6-7-22-21(16-20)26(29-30(22)3)27(37)32(14-15-38-4)17-23(34)28-10-13-31(11-9-24(33)35)25(36)18-39-5/h19-20H,6-18H2,1-5H3,(H,28,34). The Balaban J connectivity index is 1.98. The van der Waals surface area contributed by atoms with Crippen LogP contribution in [0.5, 0.6) is 0 Å². The van der Waals surface area contributed by atoms with Gasteiger partial charge in [0, 0.05) is 77.7 Å². The number of carbonyl (C=O) groups excluding carboxylic acids is 4. The van der Waals surface area contributed by atoms with Crippen LogP contribution < -0.4 is 5.32 Å². The van der Waals surface area contributed by atoms with E-state index < -0.39 is 0 Å². The summed E-state index contributed by atoms with van der Waals surface area (Å²) in [6.07, 6.45) is 3.02. The van der Waals surface area contributed by atoms with E-state index in [-0.39, 0.29) is 82.0 Å². The Bertz CT molecular complexity index is 1020. The second-order valence-corrected chi connectivity index (χ2v) is 10.7. The fraction of sp³-hybridized carbons (Fsp3) is 0.741. The highest BCUT2D eigenvalue weighted by Crippen LogP contribution is 2.29. The zero-order valence-corrected chi connectivity index (χ0v) is 24.0. The summed E-state index contributed by atoms with van der Waals surface area (Å²) >= 11 is 0. The number of ether oxygens (including phenoxy) is 2. The van der Waals surface area contributed by atoms with Crippen LogP contribution in [0.1, 0.15) is 54.9 Å². The van der Waals surface area contributed by atoms with E-state index >= 15 is 0 Å². The number of carbonyl (C=O) groups is 4. The second kappa shape index (κ2) is 14.4. The lowest BCUT2D eigenvalue weighted by Gasteiger charge is -2.36. The molecule has 1 atom stereocenters. The molecule has 39 heavy (non-hydrogen) atoms. The Morgan fingerprint density at radius 1 is 1.10 bits per heavy atom. The van der Waals surface area contributed by atoms with Crippen molar-refractivity contribution < 1.29 is 28.7 Å². The largest absolute Gasteiger partial charge is 0.383 e. The first-order valence-electron chi connectivity index (χ1n) is 13.8. The average molecular weight is 549 g/mol. The molecule has 1 aliphatic heterocycles. The Labute approximate surface area is 230 Å². The molecule has 0 fully saturated rings. The van der Waals surface area contributed by atoms with Crippen molar-refractivity contribution in [1.82, 2.24) is 29.8 Å². The molecule has 218 valence electrons. The molecular formula is C27H44N6O6. The molecule has 12 nitrogen and oxygen atoms in total. The Hall–Kier alpha value is -2.99. The number of methoxy groups -OCH3 is 2. The number of aromatic nitrogens is 2. The SMILES string of the molecule is COCCN1CC(=O)NCCN(C(=O)COC)CCC(=O)N(CCC(C)C)C2CCc3c(c(nn3C)C1=O)C2. The number of nitrogens with one attached hydrogen (secondary N) is 1. The van der Waals surface area contributed by atoms with Gasteiger partial charge in [-0.3, -0.25) is 23.9 Å². The van der Waals surface area contributed by atoms with Gasteiger partial charge in [0.15, 0.2) is 5.69 Å². The van der Waals surface area contributed by atoms with Gasteiger partial charge in [-0.25, -0.2) is 0 Å². The van der Waals surface area contributed by atoms with Crippen molar-refractivity contribution in [2.75, 3.05) is 66.7 Å². The van der Waals surface area contributed by atoms with Gasteiger partial charge < -0.3 is 29.5 Å². The van der Waals surface area contributed by atoms with E-state index in [9.17, 15) is 19.2 Å². The number of aryl methyl sites for hydroxylation is 1. The van der Waals surface area contributed by atoms with Crippen LogP contribution in [0, 0.1) is 5.92 Å². The van der Waals surface area contributed by atoms with Gasteiger partial charge in [-0.2, -0.15) is 5.10 Å². The van der Waals surface area contributed by atoms with Gasteiger partial charge in [0.25, 0.3) is 5.91 Å². The van der Waals surface area contributed by atoms with E-state index in [1.54, 1.807) is 16.7 Å². The predicted octanol–water partition coefficient (Wildman–Crippen LogP) is 0.236. The first-order chi connectivity index (χ1) is 18.7. The Kier molecular flexibility index (Phi) is 11.3. The number of hydrogen-bond donors (Lipinski definition) is 1. The van der Waals surface area contributed by atoms with Crippen molar-refractivity contribution in [3.05, 3.63) is 17.0 Å². The zero-order chi connectivity index (χ0) is 28.5. The first-order valence-corrected chi connectivity index (χ1v) is 13.8. The quantitative estimate of drug-likeness (QED) is 0.493. The Morgan fingerprint density at radius 2 is 1.87 bits per heavy atom. The van der Waals surface area contributed by atoms with Crippen LogP contribution >= 0.6 is 0 Å². The zero-order valence-electron chi connectivity index (χ0n) is 24.0. The molecule has 12 heteroatoms. The predicted molar refractivity (Wildman–Crippen MR) is 144 cm³/mol. The fourth-order valence-corrected chi connectivity index (χ4v) is 5.23. The van der Waals surface area contributed by atoms with Gasteiger partial charge in [0.2, 0.25) is 17.7 Å². The first kappa shape index (κ1) is 30.6. The number of hydrogen-bond acceptors (Lipinski definition) is 7. The van der Waals surface area contributed by atoms with Crippen LogP contribution in [0.2, 0.25) is 0 Å². The van der Waals surface area contributed by atoms with Crippen LogP contribution in [-0.2, 0) is 43.7 Å². The molecule has 1 N–H and O–H groups in total. The van der Waals surface area contributed by atoms with Crippen LogP contribution in [0.15, 0.2) is 0 Å². The highest BCUT2D eigenvalue weighted by Gasteiger charge is 2.35. The van der Waals surface area contributed by atoms with E-state index in [1.165, 1.54) is 12.0 Å². The summed E-state index contributed by atoms with van der Waals surface area (Å²) < 4.78 is 12.0. The van der Waals surface area contributed by atoms with Gasteiger partial charge in [-0.05, 0) is 31.6 Å². The number of nitrogens with zero attached hydrogens (tertiary/aromatic N) is 5. The van der Waals surface area contributed by atoms with Gasteiger partial charge in [0.05, 0.1) is 13.2 Å². The summed E-state index contributed by atoms with van der Waals surface area (Å²) in [5.41, 5.74) is 2.16. The second-order valence-electron chi connectivity index (χ2n) is 10.7. The maximum atomic E-state index is 13.7. The normalized spacial score (nSPS) is 19.6. The molecule has 0 radical (unpaired) electrons. The van der Waals surface area contributed by atoms with Crippen molar-refractivity contribution in [2.24, 2.45) is 13.0 Å². The average Bonchev–Trinajstić information content (AvgIpc) is 3.23. The van der Waals surface area contributed by atoms with Crippen molar-refractivity contribution in [3.63, 3.8) is 0 Å². The third-order valence-corrected chi connectivity index (χ3v) is 7.45. The lowest BCUT2D eigenvalue weighted by molar-refractivity contribution is -0.138.